The van der Waals surface area contributed by atoms with Gasteiger partial charge in [-0.3, -0.25) is 4.79 Å². The van der Waals surface area contributed by atoms with Gasteiger partial charge in [0.15, 0.2) is 5.76 Å². The zero-order valence-electron chi connectivity index (χ0n) is 17.3. The van der Waals surface area contributed by atoms with E-state index in [1.54, 1.807) is 6.92 Å². The van der Waals surface area contributed by atoms with Crippen LogP contribution in [0, 0.1) is 6.92 Å². The Morgan fingerprint density at radius 2 is 1.97 bits per heavy atom. The molecule has 1 aromatic carbocycles. The van der Waals surface area contributed by atoms with Crippen molar-refractivity contribution in [2.24, 2.45) is 0 Å². The minimum atomic E-state index is -4.48. The summed E-state index contributed by atoms with van der Waals surface area (Å²) in [4.78, 5) is 15.1. The molecule has 0 aliphatic heterocycles. The van der Waals surface area contributed by atoms with Crippen LogP contribution in [0.25, 0.3) is 11.3 Å². The van der Waals surface area contributed by atoms with Crippen molar-refractivity contribution in [2.75, 3.05) is 19.6 Å². The van der Waals surface area contributed by atoms with Gasteiger partial charge in [-0.15, -0.1) is 0 Å². The van der Waals surface area contributed by atoms with E-state index < -0.39 is 17.6 Å². The van der Waals surface area contributed by atoms with Crippen LogP contribution in [0.1, 0.15) is 55.2 Å². The number of alkyl halides is 3. The van der Waals surface area contributed by atoms with E-state index in [1.165, 1.54) is 12.1 Å². The highest BCUT2D eigenvalue weighted by atomic mass is 19.4. The number of amides is 1. The zero-order chi connectivity index (χ0) is 21.6. The van der Waals surface area contributed by atoms with E-state index in [2.05, 4.69) is 29.2 Å². The van der Waals surface area contributed by atoms with Crippen LogP contribution in [-0.4, -0.2) is 41.6 Å². The number of rotatable bonds is 9. The highest BCUT2D eigenvalue weighted by molar-refractivity contribution is 6.00. The van der Waals surface area contributed by atoms with Crippen LogP contribution in [0.3, 0.4) is 0 Å². The number of carbonyl (C=O) groups excluding carboxylic acids is 1. The number of nitrogens with one attached hydrogen (secondary N) is 1. The molecule has 0 unspecified atom stereocenters. The Kier molecular flexibility index (Phi) is 7.84. The van der Waals surface area contributed by atoms with Gasteiger partial charge in [0, 0.05) is 11.6 Å². The molecular formula is C21H28F3N3O2. The maximum atomic E-state index is 13.0. The van der Waals surface area contributed by atoms with Gasteiger partial charge in [0.25, 0.3) is 5.91 Å². The highest BCUT2D eigenvalue weighted by Gasteiger charge is 2.31. The Hall–Kier alpha value is -2.35. The minimum absolute atomic E-state index is 0.0430. The van der Waals surface area contributed by atoms with E-state index in [9.17, 15) is 18.0 Å². The number of aryl methyl sites for hydroxylation is 1. The first-order chi connectivity index (χ1) is 13.7. The number of hydrogen-bond donors (Lipinski definition) is 1. The third kappa shape index (κ3) is 6.06. The van der Waals surface area contributed by atoms with Gasteiger partial charge in [-0.2, -0.15) is 13.2 Å². The number of hydrogen-bond acceptors (Lipinski definition) is 4. The molecule has 0 saturated carbocycles. The molecule has 2 rings (SSSR count). The van der Waals surface area contributed by atoms with Crippen molar-refractivity contribution >= 4 is 5.91 Å². The Morgan fingerprint density at radius 3 is 2.59 bits per heavy atom. The van der Waals surface area contributed by atoms with Crippen molar-refractivity contribution in [3.63, 3.8) is 0 Å². The Bertz CT molecular complexity index is 814. The number of nitrogens with zero attached hydrogens (tertiary/aromatic N) is 2. The quantitative estimate of drug-likeness (QED) is 0.637. The predicted molar refractivity (Wildman–Crippen MR) is 106 cm³/mol. The van der Waals surface area contributed by atoms with E-state index >= 15 is 0 Å². The lowest BCUT2D eigenvalue weighted by Crippen LogP contribution is -2.34. The van der Waals surface area contributed by atoms with Crippen LogP contribution in [0.2, 0.25) is 0 Å². The second-order valence-electron chi connectivity index (χ2n) is 7.09. The monoisotopic (exact) mass is 411 g/mol. The molecule has 8 heteroatoms. The van der Waals surface area contributed by atoms with Crippen LogP contribution < -0.4 is 5.32 Å². The molecular weight excluding hydrogens is 383 g/mol. The molecule has 0 spiro atoms. The second-order valence-corrected chi connectivity index (χ2v) is 7.09. The Morgan fingerprint density at radius 1 is 1.28 bits per heavy atom. The maximum absolute atomic E-state index is 13.0. The van der Waals surface area contributed by atoms with Crippen molar-refractivity contribution in [1.82, 2.24) is 15.4 Å². The van der Waals surface area contributed by atoms with Gasteiger partial charge in [-0.05, 0) is 58.5 Å². The highest BCUT2D eigenvalue weighted by Crippen LogP contribution is 2.33. The number of halogens is 3. The predicted octanol–water partition coefficient (Wildman–Crippen LogP) is 4.91. The van der Waals surface area contributed by atoms with E-state index in [1.807, 2.05) is 6.92 Å². The molecule has 2 aromatic rings. The van der Waals surface area contributed by atoms with Crippen LogP contribution >= 0.6 is 0 Å². The summed E-state index contributed by atoms with van der Waals surface area (Å²) in [5, 5.41) is 6.71. The first kappa shape index (κ1) is 22.9. The summed E-state index contributed by atoms with van der Waals surface area (Å²) in [7, 11) is 0. The standard InChI is InChI=1S/C21H28F3N3O2/c1-5-27(6-2)12-8-9-14(3)25-20(28)18-15(4)26-29-19(18)16-10-7-11-17(13-16)21(22,23)24/h7,10-11,13-14H,5-6,8-9,12H2,1-4H3,(H,25,28)/t14-/m1/s1. The Labute approximate surface area is 169 Å². The average molecular weight is 411 g/mol. The smallest absolute Gasteiger partial charge is 0.355 e. The largest absolute Gasteiger partial charge is 0.416 e. The zero-order valence-corrected chi connectivity index (χ0v) is 17.3. The van der Waals surface area contributed by atoms with Gasteiger partial charge in [0.2, 0.25) is 0 Å². The summed E-state index contributed by atoms with van der Waals surface area (Å²) in [6, 6.07) is 4.61. The molecule has 29 heavy (non-hydrogen) atoms. The van der Waals surface area contributed by atoms with Gasteiger partial charge < -0.3 is 14.7 Å². The van der Waals surface area contributed by atoms with Gasteiger partial charge in [-0.1, -0.05) is 31.1 Å². The summed E-state index contributed by atoms with van der Waals surface area (Å²) in [5.74, 6) is -0.354. The van der Waals surface area contributed by atoms with Crippen LogP contribution in [-0.2, 0) is 6.18 Å². The van der Waals surface area contributed by atoms with E-state index in [0.29, 0.717) is 5.69 Å². The van der Waals surface area contributed by atoms with E-state index in [0.717, 1.165) is 44.6 Å². The van der Waals surface area contributed by atoms with E-state index in [4.69, 9.17) is 4.52 Å². The van der Waals surface area contributed by atoms with Crippen LogP contribution in [0.15, 0.2) is 28.8 Å². The fourth-order valence-corrected chi connectivity index (χ4v) is 3.20. The molecule has 1 N–H and O–H groups in total. The number of carbonyl (C=O) groups is 1. The molecule has 0 radical (unpaired) electrons. The van der Waals surface area contributed by atoms with Crippen molar-refractivity contribution in [3.05, 3.63) is 41.1 Å². The van der Waals surface area contributed by atoms with Gasteiger partial charge in [0.1, 0.15) is 5.56 Å². The van der Waals surface area contributed by atoms with Crippen LogP contribution in [0.4, 0.5) is 13.2 Å². The topological polar surface area (TPSA) is 58.4 Å². The molecule has 1 heterocycles. The van der Waals surface area contributed by atoms with Crippen LogP contribution in [0.5, 0.6) is 0 Å². The lowest BCUT2D eigenvalue weighted by atomic mass is 10.0. The molecule has 0 bridgehead atoms. The molecule has 0 fully saturated rings. The summed E-state index contributed by atoms with van der Waals surface area (Å²) in [6.45, 7) is 10.6. The summed E-state index contributed by atoms with van der Waals surface area (Å²) >= 11 is 0. The lowest BCUT2D eigenvalue weighted by Gasteiger charge is -2.19. The van der Waals surface area contributed by atoms with Gasteiger partial charge in [0.05, 0.1) is 11.3 Å². The normalized spacial score (nSPS) is 13.0. The Balaban J connectivity index is 2.12. The molecule has 160 valence electrons. The third-order valence-electron chi connectivity index (χ3n) is 4.93. The maximum Gasteiger partial charge on any atom is 0.416 e. The molecule has 5 nitrogen and oxygen atoms in total. The van der Waals surface area contributed by atoms with Crippen molar-refractivity contribution in [3.8, 4) is 11.3 Å². The van der Waals surface area contributed by atoms with Gasteiger partial charge >= 0.3 is 6.18 Å². The van der Waals surface area contributed by atoms with Crippen molar-refractivity contribution in [1.29, 1.82) is 0 Å². The fourth-order valence-electron chi connectivity index (χ4n) is 3.20. The van der Waals surface area contributed by atoms with Crippen molar-refractivity contribution in [2.45, 2.75) is 52.8 Å². The molecule has 1 aromatic heterocycles. The molecule has 1 amide bonds. The number of aromatic nitrogens is 1. The van der Waals surface area contributed by atoms with Crippen molar-refractivity contribution < 1.29 is 22.5 Å². The van der Waals surface area contributed by atoms with Gasteiger partial charge in [-0.25, -0.2) is 0 Å². The number of benzene rings is 1. The second kappa shape index (κ2) is 9.91. The minimum Gasteiger partial charge on any atom is -0.355 e. The summed E-state index contributed by atoms with van der Waals surface area (Å²) < 4.78 is 44.3. The van der Waals surface area contributed by atoms with E-state index in [-0.39, 0.29) is 22.9 Å². The average Bonchev–Trinajstić information content (AvgIpc) is 3.06. The lowest BCUT2D eigenvalue weighted by molar-refractivity contribution is -0.137. The first-order valence-corrected chi connectivity index (χ1v) is 9.84. The summed E-state index contributed by atoms with van der Waals surface area (Å²) in [5.41, 5.74) is -0.134. The summed E-state index contributed by atoms with van der Waals surface area (Å²) in [6.07, 6.45) is -2.75. The molecule has 0 saturated heterocycles. The molecule has 0 aliphatic carbocycles. The molecule has 1 atom stereocenters. The molecule has 0 aliphatic rings. The SMILES string of the molecule is CCN(CC)CCC[C@@H](C)NC(=O)c1c(C)noc1-c1cccc(C(F)(F)F)c1. The first-order valence-electron chi connectivity index (χ1n) is 9.84. The third-order valence-corrected chi connectivity index (χ3v) is 4.93. The fraction of sp³-hybridized carbons (Fsp3) is 0.524.